The number of hydrogen-bond acceptors (Lipinski definition) is 6. The number of carboxylic acids is 2. The number of rotatable bonds is 7. The number of unbranched alkanes of at least 4 members (excludes halogenated alkanes) is 1. The number of para-hydroxylation sites is 1. The minimum Gasteiger partial charge on any atom is -0.481 e. The number of carboxylic acid groups (broad SMARTS) is 2. The van der Waals surface area contributed by atoms with Crippen LogP contribution in [0.25, 0.3) is 11.0 Å². The van der Waals surface area contributed by atoms with Gasteiger partial charge in [0.2, 0.25) is 11.8 Å². The Balaban J connectivity index is 1.83. The molecule has 1 aromatic carbocycles. The summed E-state index contributed by atoms with van der Waals surface area (Å²) in [7, 11) is 0. The van der Waals surface area contributed by atoms with E-state index in [4.69, 9.17) is 4.42 Å². The molecule has 9 nitrogen and oxygen atoms in total. The van der Waals surface area contributed by atoms with Crippen LogP contribution in [0.4, 0.5) is 0 Å². The molecule has 3 N–H and O–H groups in total. The Morgan fingerprint density at radius 2 is 1.93 bits per heavy atom. The van der Waals surface area contributed by atoms with Gasteiger partial charge < -0.3 is 14.6 Å². The van der Waals surface area contributed by atoms with Crippen LogP contribution in [0.5, 0.6) is 0 Å². The number of likely N-dealkylation sites (tertiary alicyclic amines) is 1. The van der Waals surface area contributed by atoms with E-state index in [0.29, 0.717) is 17.8 Å². The van der Waals surface area contributed by atoms with Crippen molar-refractivity contribution < 1.29 is 33.8 Å². The maximum Gasteiger partial charge on any atom is 0.325 e. The van der Waals surface area contributed by atoms with Crippen LogP contribution in [0, 0.1) is 11.8 Å². The third-order valence-electron chi connectivity index (χ3n) is 6.04. The normalized spacial score (nSPS) is 28.3. The fourth-order valence-corrected chi connectivity index (χ4v) is 4.67. The van der Waals surface area contributed by atoms with Gasteiger partial charge in [-0.15, -0.1) is 0 Å². The zero-order valence-electron chi connectivity index (χ0n) is 16.3. The summed E-state index contributed by atoms with van der Waals surface area (Å²) < 4.78 is 5.85. The van der Waals surface area contributed by atoms with Gasteiger partial charge in [0.15, 0.2) is 0 Å². The molecule has 2 saturated heterocycles. The van der Waals surface area contributed by atoms with Crippen molar-refractivity contribution in [2.45, 2.75) is 37.8 Å². The third kappa shape index (κ3) is 2.88. The van der Waals surface area contributed by atoms with Gasteiger partial charge >= 0.3 is 11.9 Å². The van der Waals surface area contributed by atoms with Gasteiger partial charge in [0, 0.05) is 11.9 Å². The van der Waals surface area contributed by atoms with Gasteiger partial charge in [-0.25, -0.2) is 0 Å². The quantitative estimate of drug-likeness (QED) is 0.583. The third-order valence-corrected chi connectivity index (χ3v) is 6.04. The van der Waals surface area contributed by atoms with Gasteiger partial charge in [-0.3, -0.25) is 29.4 Å². The highest BCUT2D eigenvalue weighted by Gasteiger charge is 2.69. The fraction of sp³-hybridized carbons (Fsp3) is 0.429. The monoisotopic (exact) mass is 414 g/mol. The summed E-state index contributed by atoms with van der Waals surface area (Å²) in [6.45, 7) is 2.09. The average Bonchev–Trinajstić information content (AvgIpc) is 3.33. The molecule has 2 aliphatic heterocycles. The van der Waals surface area contributed by atoms with E-state index < -0.39 is 53.6 Å². The molecule has 2 aliphatic rings. The molecule has 0 bridgehead atoms. The minimum atomic E-state index is -2.10. The molecule has 0 aliphatic carbocycles. The van der Waals surface area contributed by atoms with Gasteiger partial charge in [0.05, 0.1) is 24.3 Å². The van der Waals surface area contributed by atoms with Crippen LogP contribution < -0.4 is 5.32 Å². The first-order chi connectivity index (χ1) is 14.3. The van der Waals surface area contributed by atoms with Crippen LogP contribution in [0.15, 0.2) is 34.7 Å². The van der Waals surface area contributed by atoms with Gasteiger partial charge in [-0.1, -0.05) is 31.5 Å². The number of hydrogen-bond donors (Lipinski definition) is 3. The van der Waals surface area contributed by atoms with Crippen molar-refractivity contribution in [3.8, 4) is 0 Å². The van der Waals surface area contributed by atoms with Gasteiger partial charge in [0.1, 0.15) is 16.9 Å². The summed E-state index contributed by atoms with van der Waals surface area (Å²) >= 11 is 0. The van der Waals surface area contributed by atoms with E-state index in [1.807, 2.05) is 19.1 Å². The topological polar surface area (TPSA) is 137 Å². The van der Waals surface area contributed by atoms with Crippen molar-refractivity contribution in [2.75, 3.05) is 6.54 Å². The lowest BCUT2D eigenvalue weighted by atomic mass is 9.78. The molecule has 4 rings (SSSR count). The maximum absolute atomic E-state index is 13.2. The van der Waals surface area contributed by atoms with Crippen LogP contribution in [0.3, 0.4) is 0 Å². The van der Waals surface area contributed by atoms with Crippen LogP contribution in [-0.4, -0.2) is 50.9 Å². The summed E-state index contributed by atoms with van der Waals surface area (Å²) in [4.78, 5) is 51.2. The number of furan rings is 1. The molecule has 30 heavy (non-hydrogen) atoms. The number of amides is 2. The summed E-state index contributed by atoms with van der Waals surface area (Å²) in [6, 6.07) is 7.91. The first-order valence-corrected chi connectivity index (χ1v) is 9.86. The largest absolute Gasteiger partial charge is 0.481 e. The fourth-order valence-electron chi connectivity index (χ4n) is 4.67. The zero-order valence-corrected chi connectivity index (χ0v) is 16.3. The number of carbonyl (C=O) groups excluding carboxylic acids is 2. The van der Waals surface area contributed by atoms with Crippen molar-refractivity contribution in [3.05, 3.63) is 36.1 Å². The highest BCUT2D eigenvalue weighted by molar-refractivity contribution is 6.10. The van der Waals surface area contributed by atoms with Crippen molar-refractivity contribution >= 4 is 34.7 Å². The van der Waals surface area contributed by atoms with Crippen LogP contribution >= 0.6 is 0 Å². The molecule has 2 amide bonds. The Labute approximate surface area is 171 Å². The summed E-state index contributed by atoms with van der Waals surface area (Å²) in [5, 5.41) is 23.0. The smallest absolute Gasteiger partial charge is 0.325 e. The van der Waals surface area contributed by atoms with Gasteiger partial charge in [-0.05, 0) is 18.6 Å². The van der Waals surface area contributed by atoms with Crippen molar-refractivity contribution in [1.29, 1.82) is 0 Å². The SMILES string of the molecule is CCCCN1C(=O)C2C(c3cc4ccccc4o3)NC(CC(=O)O)(C(=O)O)C2C1=O. The number of imide groups is 1. The predicted molar refractivity (Wildman–Crippen MR) is 103 cm³/mol. The number of nitrogens with one attached hydrogen (secondary N) is 1. The second-order valence-electron chi connectivity index (χ2n) is 7.84. The van der Waals surface area contributed by atoms with Crippen LogP contribution in [-0.2, 0) is 19.2 Å². The minimum absolute atomic E-state index is 0.177. The van der Waals surface area contributed by atoms with Crippen molar-refractivity contribution in [3.63, 3.8) is 0 Å². The van der Waals surface area contributed by atoms with E-state index in [1.165, 1.54) is 0 Å². The molecule has 4 atom stereocenters. The Morgan fingerprint density at radius 1 is 1.20 bits per heavy atom. The van der Waals surface area contributed by atoms with Crippen LogP contribution in [0.1, 0.15) is 38.0 Å². The predicted octanol–water partition coefficient (Wildman–Crippen LogP) is 1.78. The second-order valence-corrected chi connectivity index (χ2v) is 7.84. The van der Waals surface area contributed by atoms with Gasteiger partial charge in [-0.2, -0.15) is 0 Å². The lowest BCUT2D eigenvalue weighted by molar-refractivity contribution is -0.156. The zero-order chi connectivity index (χ0) is 21.6. The number of fused-ring (bicyclic) bond motifs is 2. The molecule has 0 spiro atoms. The summed E-state index contributed by atoms with van der Waals surface area (Å²) in [6.07, 6.45) is 0.496. The van der Waals surface area contributed by atoms with Crippen molar-refractivity contribution in [1.82, 2.24) is 10.2 Å². The molecule has 2 aromatic rings. The number of nitrogens with zero attached hydrogens (tertiary/aromatic N) is 1. The first kappa shape index (κ1) is 20.1. The Bertz CT molecular complexity index is 1010. The summed E-state index contributed by atoms with van der Waals surface area (Å²) in [5.74, 6) is -6.06. The number of benzene rings is 1. The lowest BCUT2D eigenvalue weighted by Crippen LogP contribution is -2.57. The van der Waals surface area contributed by atoms with Gasteiger partial charge in [0.25, 0.3) is 0 Å². The summed E-state index contributed by atoms with van der Waals surface area (Å²) in [5.41, 5.74) is -1.55. The van der Waals surface area contributed by atoms with E-state index in [9.17, 15) is 29.4 Å². The Kier molecular flexibility index (Phi) is 4.85. The van der Waals surface area contributed by atoms with Crippen molar-refractivity contribution in [2.24, 2.45) is 11.8 Å². The maximum atomic E-state index is 13.2. The molecule has 2 fully saturated rings. The number of aliphatic carboxylic acids is 2. The molecule has 0 radical (unpaired) electrons. The molecule has 4 unspecified atom stereocenters. The highest BCUT2D eigenvalue weighted by Crippen LogP contribution is 2.50. The number of carbonyl (C=O) groups is 4. The molecule has 1 aromatic heterocycles. The molecular weight excluding hydrogens is 392 g/mol. The lowest BCUT2D eigenvalue weighted by Gasteiger charge is -2.29. The van der Waals surface area contributed by atoms with Crippen LogP contribution in [0.2, 0.25) is 0 Å². The second kappa shape index (κ2) is 7.24. The van der Waals surface area contributed by atoms with E-state index in [-0.39, 0.29) is 6.54 Å². The highest BCUT2D eigenvalue weighted by atomic mass is 16.4. The van der Waals surface area contributed by atoms with E-state index >= 15 is 0 Å². The molecule has 158 valence electrons. The molecule has 9 heteroatoms. The first-order valence-electron chi connectivity index (χ1n) is 9.86. The average molecular weight is 414 g/mol. The van der Waals surface area contributed by atoms with E-state index in [1.54, 1.807) is 18.2 Å². The van der Waals surface area contributed by atoms with E-state index in [2.05, 4.69) is 5.32 Å². The standard InChI is InChI=1S/C21H22N2O7/c1-2-3-8-23-18(26)15-16(19(23)27)21(20(28)29,10-14(24)25)22-17(15)13-9-11-6-4-5-7-12(11)30-13/h4-7,9,15-17,22H,2-3,8,10H2,1H3,(H,24,25)(H,28,29). The Morgan fingerprint density at radius 3 is 2.57 bits per heavy atom. The Hall–Kier alpha value is -3.20. The molecule has 3 heterocycles. The van der Waals surface area contributed by atoms with E-state index in [0.717, 1.165) is 16.7 Å². The molecular formula is C21H22N2O7. The molecule has 0 saturated carbocycles.